The van der Waals surface area contributed by atoms with Crippen LogP contribution in [0.15, 0.2) is 72.8 Å². The number of carboxylic acid groups (broad SMARTS) is 1. The van der Waals surface area contributed by atoms with E-state index in [0.29, 0.717) is 5.69 Å². The SMILES string of the molecule is CC(C)(NC(=O)C(N)Cc1ccc(NC(=O)OCC2c3ccccc3-c3ccccc32)cc1)C(=O)O. The fraction of sp³-hybridized carbons (Fsp3) is 0.250. The van der Waals surface area contributed by atoms with Gasteiger partial charge in [-0.3, -0.25) is 10.1 Å². The number of carbonyl (C=O) groups excluding carboxylic acids is 2. The molecule has 3 aromatic carbocycles. The molecule has 0 spiro atoms. The van der Waals surface area contributed by atoms with Gasteiger partial charge in [-0.2, -0.15) is 0 Å². The summed E-state index contributed by atoms with van der Waals surface area (Å²) in [6.07, 6.45) is -0.344. The van der Waals surface area contributed by atoms with Crippen LogP contribution in [0.1, 0.15) is 36.5 Å². The Bertz CT molecular complexity index is 1240. The third kappa shape index (κ3) is 5.39. The summed E-state index contributed by atoms with van der Waals surface area (Å²) in [4.78, 5) is 35.9. The van der Waals surface area contributed by atoms with Crippen LogP contribution < -0.4 is 16.4 Å². The molecule has 1 aliphatic rings. The van der Waals surface area contributed by atoms with Gasteiger partial charge >= 0.3 is 12.1 Å². The van der Waals surface area contributed by atoms with E-state index in [-0.39, 0.29) is 18.9 Å². The zero-order valence-electron chi connectivity index (χ0n) is 20.2. The van der Waals surface area contributed by atoms with E-state index >= 15 is 0 Å². The number of rotatable bonds is 8. The van der Waals surface area contributed by atoms with Gasteiger partial charge in [0.1, 0.15) is 12.1 Å². The molecule has 1 atom stereocenters. The predicted molar refractivity (Wildman–Crippen MR) is 137 cm³/mol. The largest absolute Gasteiger partial charge is 0.480 e. The second-order valence-corrected chi connectivity index (χ2v) is 9.38. The van der Waals surface area contributed by atoms with Crippen LogP contribution in [0.5, 0.6) is 0 Å². The number of carboxylic acids is 1. The number of aliphatic carboxylic acids is 1. The Morgan fingerprint density at radius 3 is 2.06 bits per heavy atom. The Labute approximate surface area is 209 Å². The first kappa shape index (κ1) is 24.9. The van der Waals surface area contributed by atoms with Crippen molar-refractivity contribution in [2.45, 2.75) is 37.8 Å². The van der Waals surface area contributed by atoms with Crippen molar-refractivity contribution in [3.8, 4) is 11.1 Å². The maximum atomic E-state index is 12.5. The van der Waals surface area contributed by atoms with Gasteiger partial charge in [-0.1, -0.05) is 60.7 Å². The zero-order valence-corrected chi connectivity index (χ0v) is 20.2. The maximum absolute atomic E-state index is 12.5. The first-order chi connectivity index (χ1) is 17.2. The molecule has 0 radical (unpaired) electrons. The summed E-state index contributed by atoms with van der Waals surface area (Å²) < 4.78 is 5.56. The molecule has 0 heterocycles. The summed E-state index contributed by atoms with van der Waals surface area (Å²) >= 11 is 0. The molecule has 1 unspecified atom stereocenters. The number of fused-ring (bicyclic) bond motifs is 3. The highest BCUT2D eigenvalue weighted by Gasteiger charge is 2.31. The maximum Gasteiger partial charge on any atom is 0.411 e. The number of benzene rings is 3. The molecule has 36 heavy (non-hydrogen) atoms. The van der Waals surface area contributed by atoms with Crippen LogP contribution in [-0.2, 0) is 20.7 Å². The normalized spacial score (nSPS) is 13.3. The van der Waals surface area contributed by atoms with Crippen LogP contribution in [0.3, 0.4) is 0 Å². The summed E-state index contributed by atoms with van der Waals surface area (Å²) in [5, 5.41) is 14.3. The average Bonchev–Trinajstić information content (AvgIpc) is 3.17. The molecule has 3 aromatic rings. The van der Waals surface area contributed by atoms with Crippen LogP contribution in [0.2, 0.25) is 0 Å². The van der Waals surface area contributed by atoms with Gasteiger partial charge in [0.15, 0.2) is 0 Å². The fourth-order valence-electron chi connectivity index (χ4n) is 4.28. The van der Waals surface area contributed by atoms with Crippen molar-refractivity contribution in [1.82, 2.24) is 5.32 Å². The summed E-state index contributed by atoms with van der Waals surface area (Å²) in [5.74, 6) is -1.72. The van der Waals surface area contributed by atoms with E-state index in [1.54, 1.807) is 24.3 Å². The predicted octanol–water partition coefficient (Wildman–Crippen LogP) is 3.90. The van der Waals surface area contributed by atoms with Crippen molar-refractivity contribution >= 4 is 23.7 Å². The molecule has 0 bridgehead atoms. The van der Waals surface area contributed by atoms with Crippen molar-refractivity contribution in [3.63, 3.8) is 0 Å². The van der Waals surface area contributed by atoms with Gasteiger partial charge < -0.3 is 20.9 Å². The Balaban J connectivity index is 1.31. The van der Waals surface area contributed by atoms with Crippen molar-refractivity contribution in [2.75, 3.05) is 11.9 Å². The molecular weight excluding hydrogens is 458 g/mol. The van der Waals surface area contributed by atoms with Crippen molar-refractivity contribution in [2.24, 2.45) is 5.73 Å². The summed E-state index contributed by atoms with van der Waals surface area (Å²) in [6.45, 7) is 3.00. The number of hydrogen-bond donors (Lipinski definition) is 4. The Hall–Kier alpha value is -4.17. The van der Waals surface area contributed by atoms with E-state index in [4.69, 9.17) is 15.6 Å². The van der Waals surface area contributed by atoms with Gasteiger partial charge in [0.2, 0.25) is 5.91 Å². The molecule has 186 valence electrons. The lowest BCUT2D eigenvalue weighted by atomic mass is 9.98. The molecular formula is C28H29N3O5. The standard InChI is InChI=1S/C28H29N3O5/c1-28(2,26(33)34)31-25(32)24(29)15-17-11-13-18(14-12-17)30-27(35)36-16-23-21-9-5-3-7-19(21)20-8-4-6-10-22(20)23/h3-14,23-24H,15-16,29H2,1-2H3,(H,30,35)(H,31,32)(H,33,34). The van der Waals surface area contributed by atoms with Crippen LogP contribution in [0, 0.1) is 0 Å². The highest BCUT2D eigenvalue weighted by molar-refractivity contribution is 5.89. The van der Waals surface area contributed by atoms with Gasteiger partial charge in [-0.25, -0.2) is 9.59 Å². The summed E-state index contributed by atoms with van der Waals surface area (Å²) in [7, 11) is 0. The van der Waals surface area contributed by atoms with E-state index in [9.17, 15) is 14.4 Å². The van der Waals surface area contributed by atoms with E-state index in [1.165, 1.54) is 13.8 Å². The molecule has 0 aromatic heterocycles. The van der Waals surface area contributed by atoms with Gasteiger partial charge in [-0.05, 0) is 60.2 Å². The smallest absolute Gasteiger partial charge is 0.411 e. The molecule has 0 fully saturated rings. The Morgan fingerprint density at radius 1 is 0.944 bits per heavy atom. The lowest BCUT2D eigenvalue weighted by molar-refractivity contribution is -0.146. The van der Waals surface area contributed by atoms with Crippen LogP contribution >= 0.6 is 0 Å². The van der Waals surface area contributed by atoms with Crippen LogP contribution in [0.25, 0.3) is 11.1 Å². The minimum Gasteiger partial charge on any atom is -0.480 e. The van der Waals surface area contributed by atoms with Gasteiger partial charge in [-0.15, -0.1) is 0 Å². The molecule has 1 aliphatic carbocycles. The third-order valence-electron chi connectivity index (χ3n) is 6.31. The van der Waals surface area contributed by atoms with Gasteiger partial charge in [0, 0.05) is 11.6 Å². The quantitative estimate of drug-likeness (QED) is 0.381. The molecule has 5 N–H and O–H groups in total. The number of nitrogens with two attached hydrogens (primary N) is 1. The highest BCUT2D eigenvalue weighted by atomic mass is 16.5. The summed E-state index contributed by atoms with van der Waals surface area (Å²) in [6, 6.07) is 22.2. The van der Waals surface area contributed by atoms with Gasteiger partial charge in [0.05, 0.1) is 6.04 Å². The third-order valence-corrected chi connectivity index (χ3v) is 6.31. The van der Waals surface area contributed by atoms with Crippen molar-refractivity contribution in [3.05, 3.63) is 89.5 Å². The number of anilines is 1. The Kier molecular flexibility index (Phi) is 7.07. The van der Waals surface area contributed by atoms with E-state index < -0.39 is 29.6 Å². The fourth-order valence-corrected chi connectivity index (χ4v) is 4.28. The summed E-state index contributed by atoms with van der Waals surface area (Å²) in [5.41, 5.74) is 10.5. The topological polar surface area (TPSA) is 131 Å². The van der Waals surface area contributed by atoms with Crippen molar-refractivity contribution in [1.29, 1.82) is 0 Å². The lowest BCUT2D eigenvalue weighted by Gasteiger charge is -2.23. The second-order valence-electron chi connectivity index (χ2n) is 9.38. The van der Waals surface area contributed by atoms with Crippen molar-refractivity contribution < 1.29 is 24.2 Å². The monoisotopic (exact) mass is 487 g/mol. The second kappa shape index (κ2) is 10.2. The molecule has 2 amide bonds. The number of ether oxygens (including phenoxy) is 1. The van der Waals surface area contributed by atoms with Crippen LogP contribution in [0.4, 0.5) is 10.5 Å². The minimum absolute atomic E-state index is 0.0238. The number of nitrogens with one attached hydrogen (secondary N) is 2. The Morgan fingerprint density at radius 2 is 1.50 bits per heavy atom. The van der Waals surface area contributed by atoms with E-state index in [0.717, 1.165) is 27.8 Å². The molecule has 0 aliphatic heterocycles. The molecule has 0 saturated heterocycles. The minimum atomic E-state index is -1.41. The van der Waals surface area contributed by atoms with E-state index in [2.05, 4.69) is 34.9 Å². The lowest BCUT2D eigenvalue weighted by Crippen LogP contribution is -2.55. The zero-order chi connectivity index (χ0) is 25.9. The van der Waals surface area contributed by atoms with E-state index in [1.807, 2.05) is 24.3 Å². The average molecular weight is 488 g/mol. The molecule has 8 nitrogen and oxygen atoms in total. The highest BCUT2D eigenvalue weighted by Crippen LogP contribution is 2.44. The number of carbonyl (C=O) groups is 3. The number of hydrogen-bond acceptors (Lipinski definition) is 5. The van der Waals surface area contributed by atoms with Gasteiger partial charge in [0.25, 0.3) is 0 Å². The molecule has 4 rings (SSSR count). The first-order valence-electron chi connectivity index (χ1n) is 11.7. The van der Waals surface area contributed by atoms with Crippen LogP contribution in [-0.4, -0.2) is 41.3 Å². The molecule has 0 saturated carbocycles. The molecule has 8 heteroatoms. The first-order valence-corrected chi connectivity index (χ1v) is 11.7. The number of amides is 2.